The Hall–Kier alpha value is -2.15. The third-order valence-electron chi connectivity index (χ3n) is 8.05. The molecule has 5 aliphatic rings. The van der Waals surface area contributed by atoms with E-state index in [1.165, 1.54) is 35.8 Å². The van der Waals surface area contributed by atoms with Crippen LogP contribution in [0.5, 0.6) is 0 Å². The Morgan fingerprint density at radius 3 is 2.31 bits per heavy atom. The molecule has 4 bridgehead atoms. The lowest BCUT2D eigenvalue weighted by Gasteiger charge is -2.43. The smallest absolute Gasteiger partial charge is 0.357 e. The number of hydrogen-bond acceptors (Lipinski definition) is 6. The number of carbonyl (C=O) groups is 2. The van der Waals surface area contributed by atoms with E-state index in [0.717, 1.165) is 12.0 Å². The van der Waals surface area contributed by atoms with Gasteiger partial charge in [0.05, 0.1) is 30.4 Å². The van der Waals surface area contributed by atoms with E-state index in [-0.39, 0.29) is 11.8 Å². The zero-order chi connectivity index (χ0) is 20.0. The normalized spacial score (nSPS) is 37.8. The molecule has 1 aliphatic heterocycles. The molecule has 1 aromatic rings. The molecule has 3 fully saturated rings. The molecule has 150 valence electrons. The maximum absolute atomic E-state index is 12.7. The van der Waals surface area contributed by atoms with Crippen LogP contribution in [-0.4, -0.2) is 35.9 Å². The van der Waals surface area contributed by atoms with E-state index in [4.69, 9.17) is 9.47 Å². The maximum Gasteiger partial charge on any atom is 0.357 e. The van der Waals surface area contributed by atoms with Gasteiger partial charge in [0.25, 0.3) is 0 Å². The Kier molecular flexibility index (Phi) is 3.62. The predicted octanol–water partition coefficient (Wildman–Crippen LogP) is 3.35. The highest BCUT2D eigenvalue weighted by atomic mass is 79.9. The van der Waals surface area contributed by atoms with Crippen LogP contribution in [0.1, 0.15) is 35.8 Å². The number of allylic oxidation sites excluding steroid dienone is 1. The average molecular weight is 457 g/mol. The lowest BCUT2D eigenvalue weighted by Crippen LogP contribution is -2.44. The van der Waals surface area contributed by atoms with E-state index in [1.54, 1.807) is 0 Å². The van der Waals surface area contributed by atoms with Crippen molar-refractivity contribution in [2.24, 2.45) is 34.7 Å². The van der Waals surface area contributed by atoms with Gasteiger partial charge >= 0.3 is 11.9 Å². The highest BCUT2D eigenvalue weighted by Gasteiger charge is 2.68. The van der Waals surface area contributed by atoms with Crippen LogP contribution in [0.4, 0.5) is 0 Å². The van der Waals surface area contributed by atoms with Crippen molar-refractivity contribution in [2.75, 3.05) is 14.2 Å². The SMILES string of the molecule is COC(=O)C1=NN(Br)C(C(=O)OC)=C2[C@H]1[C@@H]1C[C@H]2[C@H]2[C@@H]1[C@@H]1C[C@H]2c2ccccc21. The highest BCUT2D eigenvalue weighted by Crippen LogP contribution is 2.74. The summed E-state index contributed by atoms with van der Waals surface area (Å²) in [6.07, 6.45) is 2.17. The van der Waals surface area contributed by atoms with Crippen molar-refractivity contribution in [3.8, 4) is 0 Å². The quantitative estimate of drug-likeness (QED) is 0.387. The highest BCUT2D eigenvalue weighted by molar-refractivity contribution is 9.07. The largest absolute Gasteiger partial charge is 0.464 e. The third-order valence-corrected chi connectivity index (χ3v) is 8.56. The number of halogens is 1. The first-order chi connectivity index (χ1) is 14.1. The molecule has 0 N–H and O–H groups in total. The fraction of sp³-hybridized carbons (Fsp3) is 0.500. The number of ether oxygens (including phenoxy) is 2. The van der Waals surface area contributed by atoms with Gasteiger partial charge in [0.15, 0.2) is 11.4 Å². The standard InChI is InChI=1S/C22H21BrN2O4/c1-28-21(26)19-17-13-8-14(18(17)20(22(27)29-2)25(23)24-19)16-12-7-11(15(13)16)9-5-3-4-6-10(9)12/h3-6,11-17H,7-8H2,1-2H3/t11-,12+,13-,14+,15-,16+,17-/m1/s1. The van der Waals surface area contributed by atoms with E-state index in [2.05, 4.69) is 45.5 Å². The van der Waals surface area contributed by atoms with Crippen molar-refractivity contribution >= 4 is 33.8 Å². The summed E-state index contributed by atoms with van der Waals surface area (Å²) in [6.45, 7) is 0. The first kappa shape index (κ1) is 17.7. The second-order valence-electron chi connectivity index (χ2n) is 8.75. The Morgan fingerprint density at radius 1 is 1.00 bits per heavy atom. The second-order valence-corrected chi connectivity index (χ2v) is 9.42. The molecule has 0 amide bonds. The van der Waals surface area contributed by atoms with Crippen LogP contribution in [0.25, 0.3) is 0 Å². The molecule has 6 rings (SSSR count). The van der Waals surface area contributed by atoms with Crippen LogP contribution >= 0.6 is 16.1 Å². The van der Waals surface area contributed by atoms with Crippen molar-refractivity contribution in [1.29, 1.82) is 0 Å². The minimum Gasteiger partial charge on any atom is -0.464 e. The molecule has 0 unspecified atom stereocenters. The minimum absolute atomic E-state index is 0.164. The number of esters is 2. The van der Waals surface area contributed by atoms with Gasteiger partial charge in [-0.05, 0) is 65.0 Å². The molecule has 29 heavy (non-hydrogen) atoms. The van der Waals surface area contributed by atoms with Crippen LogP contribution in [0.2, 0.25) is 0 Å². The minimum atomic E-state index is -0.423. The van der Waals surface area contributed by atoms with E-state index >= 15 is 0 Å². The van der Waals surface area contributed by atoms with Crippen LogP contribution in [0, 0.1) is 29.6 Å². The fourth-order valence-electron chi connectivity index (χ4n) is 7.42. The van der Waals surface area contributed by atoms with E-state index < -0.39 is 11.9 Å². The third kappa shape index (κ3) is 2.04. The summed E-state index contributed by atoms with van der Waals surface area (Å²) in [4.78, 5) is 25.2. The molecule has 7 heteroatoms. The zero-order valence-electron chi connectivity index (χ0n) is 16.2. The van der Waals surface area contributed by atoms with Gasteiger partial charge in [0.1, 0.15) is 0 Å². The molecule has 3 saturated carbocycles. The number of rotatable bonds is 2. The van der Waals surface area contributed by atoms with Gasteiger partial charge < -0.3 is 9.47 Å². The lowest BCUT2D eigenvalue weighted by atomic mass is 9.62. The summed E-state index contributed by atoms with van der Waals surface area (Å²) in [6, 6.07) is 8.81. The average Bonchev–Trinajstić information content (AvgIpc) is 3.49. The molecule has 7 atom stereocenters. The number of fused-ring (bicyclic) bond motifs is 15. The van der Waals surface area contributed by atoms with Gasteiger partial charge in [-0.3, -0.25) is 0 Å². The number of methoxy groups -OCH3 is 2. The topological polar surface area (TPSA) is 68.2 Å². The molecule has 0 radical (unpaired) electrons. The molecule has 0 saturated heterocycles. The van der Waals surface area contributed by atoms with E-state index in [1.807, 2.05) is 0 Å². The van der Waals surface area contributed by atoms with Crippen LogP contribution in [-0.2, 0) is 19.1 Å². The molecule has 0 aromatic heterocycles. The Labute approximate surface area is 177 Å². The van der Waals surface area contributed by atoms with Crippen molar-refractivity contribution in [2.45, 2.75) is 24.7 Å². The van der Waals surface area contributed by atoms with Gasteiger partial charge in [-0.2, -0.15) is 9.14 Å². The summed E-state index contributed by atoms with van der Waals surface area (Å²) in [5, 5.41) is 4.42. The lowest BCUT2D eigenvalue weighted by molar-refractivity contribution is -0.138. The van der Waals surface area contributed by atoms with Gasteiger partial charge in [-0.15, -0.1) is 0 Å². The van der Waals surface area contributed by atoms with E-state index in [9.17, 15) is 9.59 Å². The Balaban J connectivity index is 1.51. The van der Waals surface area contributed by atoms with Crippen molar-refractivity contribution in [3.05, 3.63) is 46.7 Å². The second kappa shape index (κ2) is 5.94. The van der Waals surface area contributed by atoms with Crippen molar-refractivity contribution in [1.82, 2.24) is 4.03 Å². The Bertz CT molecular complexity index is 1020. The fourth-order valence-corrected chi connectivity index (χ4v) is 7.94. The van der Waals surface area contributed by atoms with Gasteiger partial charge in [0.2, 0.25) is 0 Å². The van der Waals surface area contributed by atoms with Gasteiger partial charge in [-0.1, -0.05) is 24.3 Å². The van der Waals surface area contributed by atoms with E-state index in [0.29, 0.717) is 41.0 Å². The predicted molar refractivity (Wildman–Crippen MR) is 108 cm³/mol. The van der Waals surface area contributed by atoms with Gasteiger partial charge in [0, 0.05) is 5.92 Å². The number of hydrogen-bond donors (Lipinski definition) is 0. The number of benzene rings is 1. The monoisotopic (exact) mass is 456 g/mol. The molecule has 6 nitrogen and oxygen atoms in total. The molecular formula is C22H21BrN2O4. The van der Waals surface area contributed by atoms with Crippen molar-refractivity contribution in [3.63, 3.8) is 0 Å². The molecular weight excluding hydrogens is 436 g/mol. The first-order valence-corrected chi connectivity index (χ1v) is 10.8. The Morgan fingerprint density at radius 2 is 1.66 bits per heavy atom. The summed E-state index contributed by atoms with van der Waals surface area (Å²) < 4.78 is 11.5. The summed E-state index contributed by atoms with van der Waals surface area (Å²) in [7, 11) is 2.77. The molecule has 4 aliphatic carbocycles. The van der Waals surface area contributed by atoms with Crippen LogP contribution < -0.4 is 0 Å². The van der Waals surface area contributed by atoms with Crippen LogP contribution in [0.15, 0.2) is 40.6 Å². The summed E-state index contributed by atoms with van der Waals surface area (Å²) in [5.41, 5.74) is 4.82. The maximum atomic E-state index is 12.7. The number of carbonyl (C=O) groups excluding carboxylic acids is 2. The number of hydrazone groups is 1. The van der Waals surface area contributed by atoms with Crippen molar-refractivity contribution < 1.29 is 19.1 Å². The number of nitrogens with zero attached hydrogens (tertiary/aromatic N) is 2. The molecule has 1 aromatic carbocycles. The zero-order valence-corrected chi connectivity index (χ0v) is 17.8. The first-order valence-electron chi connectivity index (χ1n) is 10.1. The summed E-state index contributed by atoms with van der Waals surface area (Å²) in [5.74, 6) is 1.70. The summed E-state index contributed by atoms with van der Waals surface area (Å²) >= 11 is 3.36. The van der Waals surface area contributed by atoms with Crippen LogP contribution in [0.3, 0.4) is 0 Å². The van der Waals surface area contributed by atoms with Gasteiger partial charge in [-0.25, -0.2) is 9.59 Å². The molecule has 1 heterocycles. The molecule has 0 spiro atoms.